The number of unbranched alkanes of at least 4 members (excludes halogenated alkanes) is 1. The van der Waals surface area contributed by atoms with Gasteiger partial charge in [-0.25, -0.2) is 9.67 Å². The molecule has 180 valence electrons. The van der Waals surface area contributed by atoms with Gasteiger partial charge in [0.1, 0.15) is 5.82 Å². The summed E-state index contributed by atoms with van der Waals surface area (Å²) < 4.78 is 1.94. The number of ketones is 1. The first-order chi connectivity index (χ1) is 17.2. The van der Waals surface area contributed by atoms with E-state index < -0.39 is 0 Å². The molecule has 1 aromatic carbocycles. The number of hydrogen-bond acceptors (Lipinski definition) is 7. The van der Waals surface area contributed by atoms with Crippen LogP contribution in [0, 0.1) is 5.92 Å². The third-order valence-electron chi connectivity index (χ3n) is 6.70. The van der Waals surface area contributed by atoms with Crippen LogP contribution in [0.2, 0.25) is 0 Å². The van der Waals surface area contributed by atoms with Gasteiger partial charge in [-0.15, -0.1) is 15.3 Å². The van der Waals surface area contributed by atoms with Gasteiger partial charge in [0.05, 0.1) is 0 Å². The molecule has 0 radical (unpaired) electrons. The number of aryl methyl sites for hydroxylation is 1. The fourth-order valence-corrected chi connectivity index (χ4v) is 4.73. The largest absolute Gasteiger partial charge is 0.290 e. The molecule has 1 N–H and O–H groups in total. The first kappa shape index (κ1) is 23.0. The van der Waals surface area contributed by atoms with Gasteiger partial charge in [-0.1, -0.05) is 56.9 Å². The number of benzene rings is 1. The molecule has 0 unspecified atom stereocenters. The molecule has 5 rings (SSSR count). The fourth-order valence-electron chi connectivity index (χ4n) is 4.73. The summed E-state index contributed by atoms with van der Waals surface area (Å²) >= 11 is 0. The molecule has 35 heavy (non-hydrogen) atoms. The number of carbonyl (C=O) groups is 1. The van der Waals surface area contributed by atoms with Crippen molar-refractivity contribution in [3.63, 3.8) is 0 Å². The Morgan fingerprint density at radius 3 is 2.66 bits per heavy atom. The molecule has 1 fully saturated rings. The van der Waals surface area contributed by atoms with E-state index in [1.807, 2.05) is 10.7 Å². The normalized spacial score (nSPS) is 14.3. The van der Waals surface area contributed by atoms with E-state index in [4.69, 9.17) is 4.98 Å². The van der Waals surface area contributed by atoms with Gasteiger partial charge in [0, 0.05) is 36.8 Å². The molecule has 3 heterocycles. The van der Waals surface area contributed by atoms with Crippen LogP contribution in [0.25, 0.3) is 22.5 Å². The minimum absolute atomic E-state index is 0.0756. The predicted octanol–water partition coefficient (Wildman–Crippen LogP) is 4.67. The highest BCUT2D eigenvalue weighted by Gasteiger charge is 2.26. The summed E-state index contributed by atoms with van der Waals surface area (Å²) in [5.74, 6) is 1.94. The van der Waals surface area contributed by atoms with Crippen molar-refractivity contribution in [3.8, 4) is 22.5 Å². The molecule has 4 aromatic rings. The molecule has 0 bridgehead atoms. The summed E-state index contributed by atoms with van der Waals surface area (Å²) in [7, 11) is 0. The second-order valence-electron chi connectivity index (χ2n) is 9.16. The zero-order valence-corrected chi connectivity index (χ0v) is 20.0. The van der Waals surface area contributed by atoms with Crippen LogP contribution in [0.4, 0.5) is 0 Å². The van der Waals surface area contributed by atoms with Gasteiger partial charge in [-0.05, 0) is 47.2 Å². The molecule has 1 saturated carbocycles. The smallest absolute Gasteiger partial charge is 0.217 e. The summed E-state index contributed by atoms with van der Waals surface area (Å²) in [4.78, 5) is 22.0. The maximum absolute atomic E-state index is 13.1. The number of H-pyrrole nitrogens is 1. The number of tetrazole rings is 1. The van der Waals surface area contributed by atoms with Crippen molar-refractivity contribution in [2.24, 2.45) is 5.92 Å². The Morgan fingerprint density at radius 1 is 1.09 bits per heavy atom. The van der Waals surface area contributed by atoms with Crippen molar-refractivity contribution in [3.05, 3.63) is 59.9 Å². The maximum Gasteiger partial charge on any atom is 0.217 e. The van der Waals surface area contributed by atoms with Crippen LogP contribution in [-0.4, -0.2) is 46.2 Å². The van der Waals surface area contributed by atoms with Gasteiger partial charge >= 0.3 is 0 Å². The number of aromatic nitrogens is 8. The standard InChI is InChI=1S/C26H30N8O/c1-2-3-15-34-23(28-26(31-34)24(35)20-7-5-4-6-8-20)16-18-9-11-19(12-10-18)21-13-14-27-17-22(21)25-29-32-33-30-25/h9-14,17,20H,2-8,15-16H2,1H3,(H,29,30,32,33). The van der Waals surface area contributed by atoms with Crippen LogP contribution in [0.15, 0.2) is 42.7 Å². The first-order valence-corrected chi connectivity index (χ1v) is 12.5. The lowest BCUT2D eigenvalue weighted by molar-refractivity contribution is 0.0878. The number of rotatable bonds is 9. The van der Waals surface area contributed by atoms with Crippen LogP contribution >= 0.6 is 0 Å². The van der Waals surface area contributed by atoms with Crippen molar-refractivity contribution >= 4 is 5.78 Å². The molecule has 1 aliphatic carbocycles. The summed E-state index contributed by atoms with van der Waals surface area (Å²) in [5.41, 5.74) is 3.96. The molecule has 3 aromatic heterocycles. The lowest BCUT2D eigenvalue weighted by atomic mass is 9.86. The quantitative estimate of drug-likeness (QED) is 0.353. The molecule has 9 heteroatoms. The highest BCUT2D eigenvalue weighted by atomic mass is 16.1. The first-order valence-electron chi connectivity index (χ1n) is 12.5. The van der Waals surface area contributed by atoms with Gasteiger partial charge in [-0.3, -0.25) is 9.78 Å². The Balaban J connectivity index is 1.37. The van der Waals surface area contributed by atoms with Gasteiger partial charge < -0.3 is 0 Å². The summed E-state index contributed by atoms with van der Waals surface area (Å²) in [5, 5.41) is 19.0. The van der Waals surface area contributed by atoms with E-state index >= 15 is 0 Å². The summed E-state index contributed by atoms with van der Waals surface area (Å²) in [6.45, 7) is 2.94. The molecule has 9 nitrogen and oxygen atoms in total. The van der Waals surface area contributed by atoms with E-state index in [0.29, 0.717) is 18.1 Å². The van der Waals surface area contributed by atoms with Crippen LogP contribution in [-0.2, 0) is 13.0 Å². The lowest BCUT2D eigenvalue weighted by Crippen LogP contribution is -2.19. The molecule has 0 saturated heterocycles. The van der Waals surface area contributed by atoms with E-state index in [9.17, 15) is 4.79 Å². The monoisotopic (exact) mass is 470 g/mol. The third-order valence-corrected chi connectivity index (χ3v) is 6.70. The second kappa shape index (κ2) is 10.7. The van der Waals surface area contributed by atoms with Crippen LogP contribution in [0.1, 0.15) is 73.9 Å². The zero-order valence-electron chi connectivity index (χ0n) is 20.0. The highest BCUT2D eigenvalue weighted by molar-refractivity contribution is 5.94. The Bertz CT molecular complexity index is 1260. The molecule has 0 aliphatic heterocycles. The van der Waals surface area contributed by atoms with Crippen LogP contribution < -0.4 is 0 Å². The van der Waals surface area contributed by atoms with E-state index in [-0.39, 0.29) is 11.7 Å². The average molecular weight is 471 g/mol. The fraction of sp³-hybridized carbons (Fsp3) is 0.423. The number of aromatic amines is 1. The molecule has 0 spiro atoms. The number of carbonyl (C=O) groups excluding carboxylic acids is 1. The molecular weight excluding hydrogens is 440 g/mol. The minimum Gasteiger partial charge on any atom is -0.290 e. The SMILES string of the molecule is CCCCn1nc(C(=O)C2CCCCC2)nc1Cc1ccc(-c2ccncc2-c2nn[nH]n2)cc1. The zero-order chi connectivity index (χ0) is 24.0. The van der Waals surface area contributed by atoms with Gasteiger partial charge in [0.25, 0.3) is 0 Å². The van der Waals surface area contributed by atoms with E-state index in [1.54, 1.807) is 12.4 Å². The van der Waals surface area contributed by atoms with Gasteiger partial charge in [-0.2, -0.15) is 5.21 Å². The number of nitrogens with one attached hydrogen (secondary N) is 1. The molecule has 0 atom stereocenters. The van der Waals surface area contributed by atoms with E-state index in [1.165, 1.54) is 6.42 Å². The lowest BCUT2D eigenvalue weighted by Gasteiger charge is -2.18. The predicted molar refractivity (Wildman–Crippen MR) is 131 cm³/mol. The Morgan fingerprint density at radius 2 is 1.91 bits per heavy atom. The number of nitrogens with zero attached hydrogens (tertiary/aromatic N) is 7. The summed E-state index contributed by atoms with van der Waals surface area (Å²) in [6, 6.07) is 10.3. The minimum atomic E-state index is 0.0756. The third kappa shape index (κ3) is 5.18. The van der Waals surface area contributed by atoms with Crippen molar-refractivity contribution < 1.29 is 4.79 Å². The van der Waals surface area contributed by atoms with Crippen molar-refractivity contribution in [1.82, 2.24) is 40.4 Å². The Labute approximate surface area is 204 Å². The van der Waals surface area contributed by atoms with E-state index in [2.05, 4.69) is 61.9 Å². The van der Waals surface area contributed by atoms with E-state index in [0.717, 1.165) is 73.1 Å². The Kier molecular flexibility index (Phi) is 7.02. The topological polar surface area (TPSA) is 115 Å². The van der Waals surface area contributed by atoms with Crippen molar-refractivity contribution in [1.29, 1.82) is 0 Å². The number of Topliss-reactive ketones (excluding diaryl/α,β-unsaturated/α-hetero) is 1. The number of hydrogen-bond donors (Lipinski definition) is 1. The molecule has 1 aliphatic rings. The number of pyridine rings is 1. The Hall–Kier alpha value is -3.75. The van der Waals surface area contributed by atoms with Crippen molar-refractivity contribution in [2.45, 2.75) is 64.8 Å². The molecule has 0 amide bonds. The maximum atomic E-state index is 13.1. The second-order valence-corrected chi connectivity index (χ2v) is 9.16. The highest BCUT2D eigenvalue weighted by Crippen LogP contribution is 2.29. The summed E-state index contributed by atoms with van der Waals surface area (Å²) in [6.07, 6.45) is 11.6. The van der Waals surface area contributed by atoms with Crippen LogP contribution in [0.5, 0.6) is 0 Å². The molecular formula is C26H30N8O. The van der Waals surface area contributed by atoms with Crippen molar-refractivity contribution in [2.75, 3.05) is 0 Å². The van der Waals surface area contributed by atoms with Gasteiger partial charge in [0.15, 0.2) is 0 Å². The van der Waals surface area contributed by atoms with Crippen LogP contribution in [0.3, 0.4) is 0 Å². The average Bonchev–Trinajstić information content (AvgIpc) is 3.59. The van der Waals surface area contributed by atoms with Gasteiger partial charge in [0.2, 0.25) is 17.4 Å².